The van der Waals surface area contributed by atoms with Gasteiger partial charge >= 0.3 is 0 Å². The molecule has 0 radical (unpaired) electrons. The number of hydrogen-bond donors (Lipinski definition) is 1. The van der Waals surface area contributed by atoms with E-state index in [0.717, 1.165) is 24.7 Å². The Labute approximate surface area is 102 Å². The number of fused-ring (bicyclic) bond motifs is 3. The molecule has 0 amide bonds. The molecule has 0 fully saturated rings. The zero-order valence-electron chi connectivity index (χ0n) is 9.16. The SMILES string of the molecule is CCN.CCOc1cc2ccc1CS2.Cl. The molecule has 0 unspecified atom stereocenters. The highest BCUT2D eigenvalue weighted by Crippen LogP contribution is 2.36. The maximum atomic E-state index is 5.46. The molecule has 2 bridgehead atoms. The predicted molar refractivity (Wildman–Crippen MR) is 69.1 cm³/mol. The molecule has 86 valence electrons. The molecule has 2 heterocycles. The lowest BCUT2D eigenvalue weighted by molar-refractivity contribution is 0.336. The summed E-state index contributed by atoms with van der Waals surface area (Å²) < 4.78 is 5.46. The van der Waals surface area contributed by atoms with Crippen LogP contribution in [0.4, 0.5) is 0 Å². The van der Waals surface area contributed by atoms with Gasteiger partial charge in [-0.2, -0.15) is 0 Å². The highest BCUT2D eigenvalue weighted by Gasteiger charge is 2.11. The summed E-state index contributed by atoms with van der Waals surface area (Å²) in [5.41, 5.74) is 6.17. The van der Waals surface area contributed by atoms with E-state index in [2.05, 4.69) is 18.2 Å². The van der Waals surface area contributed by atoms with Gasteiger partial charge in [0.1, 0.15) is 5.75 Å². The number of nitrogens with two attached hydrogens (primary N) is 1. The number of halogens is 1. The lowest BCUT2D eigenvalue weighted by Crippen LogP contribution is -1.99. The molecular weight excluding hydrogens is 230 g/mol. The van der Waals surface area contributed by atoms with E-state index >= 15 is 0 Å². The Morgan fingerprint density at radius 1 is 1.40 bits per heavy atom. The summed E-state index contributed by atoms with van der Waals surface area (Å²) in [7, 11) is 0. The zero-order valence-corrected chi connectivity index (χ0v) is 10.8. The van der Waals surface area contributed by atoms with Crippen molar-refractivity contribution in [2.75, 3.05) is 13.2 Å². The molecule has 0 saturated carbocycles. The Balaban J connectivity index is 0.000000443. The van der Waals surface area contributed by atoms with Crippen LogP contribution in [0.1, 0.15) is 19.4 Å². The Kier molecular flexibility index (Phi) is 7.65. The van der Waals surface area contributed by atoms with Crippen LogP contribution in [-0.4, -0.2) is 13.2 Å². The van der Waals surface area contributed by atoms with Crippen molar-refractivity contribution in [3.8, 4) is 5.75 Å². The van der Waals surface area contributed by atoms with Gasteiger partial charge in [0.05, 0.1) is 6.61 Å². The number of hydrogen-bond acceptors (Lipinski definition) is 3. The van der Waals surface area contributed by atoms with E-state index in [1.165, 1.54) is 10.5 Å². The first-order chi connectivity index (χ1) is 6.81. The second kappa shape index (κ2) is 7.85. The minimum atomic E-state index is 0. The van der Waals surface area contributed by atoms with Crippen molar-refractivity contribution in [1.29, 1.82) is 0 Å². The lowest BCUT2D eigenvalue weighted by Gasteiger charge is -2.16. The second-order valence-corrected chi connectivity index (χ2v) is 3.95. The molecular formula is C11H18ClNOS. The van der Waals surface area contributed by atoms with Crippen LogP contribution in [0.25, 0.3) is 0 Å². The van der Waals surface area contributed by atoms with Crippen molar-refractivity contribution >= 4 is 24.2 Å². The summed E-state index contributed by atoms with van der Waals surface area (Å²) in [5.74, 6) is 2.15. The molecule has 0 aliphatic carbocycles. The van der Waals surface area contributed by atoms with Gasteiger partial charge in [-0.3, -0.25) is 0 Å². The van der Waals surface area contributed by atoms with E-state index in [1.54, 1.807) is 0 Å². The van der Waals surface area contributed by atoms with Crippen LogP contribution in [-0.2, 0) is 5.75 Å². The van der Waals surface area contributed by atoms with E-state index in [0.29, 0.717) is 0 Å². The minimum Gasteiger partial charge on any atom is -0.494 e. The van der Waals surface area contributed by atoms with E-state index in [4.69, 9.17) is 10.5 Å². The van der Waals surface area contributed by atoms with Crippen LogP contribution in [0.2, 0.25) is 0 Å². The van der Waals surface area contributed by atoms with Crippen LogP contribution < -0.4 is 10.5 Å². The molecule has 2 aliphatic rings. The fourth-order valence-electron chi connectivity index (χ4n) is 1.19. The van der Waals surface area contributed by atoms with Gasteiger partial charge in [-0.05, 0) is 25.6 Å². The van der Waals surface area contributed by atoms with Crippen molar-refractivity contribution in [2.24, 2.45) is 5.73 Å². The van der Waals surface area contributed by atoms with Gasteiger partial charge in [0.25, 0.3) is 0 Å². The fraction of sp³-hybridized carbons (Fsp3) is 0.455. The van der Waals surface area contributed by atoms with Gasteiger partial charge in [0.2, 0.25) is 0 Å². The quantitative estimate of drug-likeness (QED) is 0.873. The maximum absolute atomic E-state index is 5.46. The Bertz CT molecular complexity index is 294. The molecule has 1 aromatic rings. The Morgan fingerprint density at radius 2 is 2.07 bits per heavy atom. The molecule has 2 N–H and O–H groups in total. The van der Waals surface area contributed by atoms with E-state index in [-0.39, 0.29) is 12.4 Å². The van der Waals surface area contributed by atoms with Crippen molar-refractivity contribution in [2.45, 2.75) is 24.5 Å². The molecule has 15 heavy (non-hydrogen) atoms. The molecule has 2 nitrogen and oxygen atoms in total. The van der Waals surface area contributed by atoms with Crippen LogP contribution in [0.5, 0.6) is 5.75 Å². The highest BCUT2D eigenvalue weighted by molar-refractivity contribution is 7.98. The third-order valence-electron chi connectivity index (χ3n) is 1.73. The first kappa shape index (κ1) is 14.6. The van der Waals surface area contributed by atoms with E-state index in [1.807, 2.05) is 25.6 Å². The third-order valence-corrected chi connectivity index (χ3v) is 2.78. The molecule has 0 spiro atoms. The number of benzene rings is 1. The van der Waals surface area contributed by atoms with Gasteiger partial charge < -0.3 is 10.5 Å². The predicted octanol–water partition coefficient (Wildman–Crippen LogP) is 3.08. The molecule has 1 aromatic carbocycles. The molecule has 0 aromatic heterocycles. The zero-order chi connectivity index (χ0) is 10.4. The van der Waals surface area contributed by atoms with Crippen LogP contribution in [0, 0.1) is 0 Å². The Morgan fingerprint density at radius 3 is 2.40 bits per heavy atom. The summed E-state index contributed by atoms with van der Waals surface area (Å²) in [4.78, 5) is 1.32. The van der Waals surface area contributed by atoms with Gasteiger partial charge in [0, 0.05) is 16.2 Å². The summed E-state index contributed by atoms with van der Waals surface area (Å²) in [5, 5.41) is 0. The smallest absolute Gasteiger partial charge is 0.124 e. The van der Waals surface area contributed by atoms with E-state index < -0.39 is 0 Å². The van der Waals surface area contributed by atoms with E-state index in [9.17, 15) is 0 Å². The molecule has 0 saturated heterocycles. The first-order valence-corrected chi connectivity index (χ1v) is 5.89. The highest BCUT2D eigenvalue weighted by atomic mass is 35.5. The molecule has 4 heteroatoms. The van der Waals surface area contributed by atoms with Crippen LogP contribution in [0.15, 0.2) is 23.1 Å². The largest absolute Gasteiger partial charge is 0.494 e. The molecule has 2 aliphatic heterocycles. The fourth-order valence-corrected chi connectivity index (χ4v) is 2.11. The second-order valence-electron chi connectivity index (χ2n) is 2.90. The van der Waals surface area contributed by atoms with Gasteiger partial charge in [0.15, 0.2) is 0 Å². The van der Waals surface area contributed by atoms with Crippen molar-refractivity contribution < 1.29 is 4.74 Å². The summed E-state index contributed by atoms with van der Waals surface area (Å²) in [6.07, 6.45) is 0. The molecule has 0 atom stereocenters. The average molecular weight is 248 g/mol. The van der Waals surface area contributed by atoms with Crippen molar-refractivity contribution in [3.05, 3.63) is 23.8 Å². The first-order valence-electron chi connectivity index (χ1n) is 4.90. The van der Waals surface area contributed by atoms with Gasteiger partial charge in [-0.15, -0.1) is 24.2 Å². The number of thioether (sulfide) groups is 1. The minimum absolute atomic E-state index is 0. The van der Waals surface area contributed by atoms with Crippen LogP contribution >= 0.6 is 24.2 Å². The monoisotopic (exact) mass is 247 g/mol. The van der Waals surface area contributed by atoms with Crippen LogP contribution in [0.3, 0.4) is 0 Å². The van der Waals surface area contributed by atoms with Gasteiger partial charge in [-0.25, -0.2) is 0 Å². The summed E-state index contributed by atoms with van der Waals surface area (Å²) >= 11 is 1.88. The summed E-state index contributed by atoms with van der Waals surface area (Å²) in [6, 6.07) is 6.41. The molecule has 3 rings (SSSR count). The average Bonchev–Trinajstić information content (AvgIpc) is 2.21. The third kappa shape index (κ3) is 4.33. The lowest BCUT2D eigenvalue weighted by atomic mass is 10.2. The summed E-state index contributed by atoms with van der Waals surface area (Å²) in [6.45, 7) is 5.44. The standard InChI is InChI=1S/C9H10OS.C2H7N.ClH/c1-2-10-9-5-8-4-3-7(9)6-11-8;1-2-3;/h3-5H,2,6H2,1H3;2-3H2,1H3;1H. The number of ether oxygens (including phenoxy) is 1. The number of rotatable bonds is 2. The van der Waals surface area contributed by atoms with Crippen molar-refractivity contribution in [1.82, 2.24) is 0 Å². The maximum Gasteiger partial charge on any atom is 0.124 e. The van der Waals surface area contributed by atoms with Crippen molar-refractivity contribution in [3.63, 3.8) is 0 Å². The topological polar surface area (TPSA) is 35.2 Å². The normalized spacial score (nSPS) is 11.1. The van der Waals surface area contributed by atoms with Gasteiger partial charge in [-0.1, -0.05) is 13.0 Å². The Hall–Kier alpha value is -0.380.